The topological polar surface area (TPSA) is 79.5 Å². The van der Waals surface area contributed by atoms with Crippen molar-refractivity contribution in [1.82, 2.24) is 4.98 Å². The smallest absolute Gasteiger partial charge is 0.278 e. The van der Waals surface area contributed by atoms with E-state index in [-0.39, 0.29) is 23.1 Å². The molecule has 0 amide bonds. The summed E-state index contributed by atoms with van der Waals surface area (Å²) in [7, 11) is 0. The van der Waals surface area contributed by atoms with Crippen LogP contribution in [0.5, 0.6) is 0 Å². The van der Waals surface area contributed by atoms with Crippen molar-refractivity contribution in [2.24, 2.45) is 5.92 Å². The molecule has 1 atom stereocenters. The van der Waals surface area contributed by atoms with Gasteiger partial charge in [-0.05, 0) is 18.6 Å². The summed E-state index contributed by atoms with van der Waals surface area (Å²) < 4.78 is 0. The van der Waals surface area contributed by atoms with E-state index >= 15 is 0 Å². The number of nitro benzene ring substituents is 1. The molecule has 1 aliphatic rings. The molecule has 0 bridgehead atoms. The maximum absolute atomic E-state index is 11.1. The Labute approximate surface area is 115 Å². The highest BCUT2D eigenvalue weighted by molar-refractivity contribution is 5.99. The molecular formula is C14H15N3O3. The van der Waals surface area contributed by atoms with E-state index in [9.17, 15) is 15.2 Å². The van der Waals surface area contributed by atoms with E-state index in [4.69, 9.17) is 0 Å². The fourth-order valence-electron chi connectivity index (χ4n) is 2.79. The Hall–Kier alpha value is -2.21. The van der Waals surface area contributed by atoms with Crippen LogP contribution in [-0.2, 0) is 0 Å². The van der Waals surface area contributed by atoms with Gasteiger partial charge < -0.3 is 10.0 Å². The first-order valence-corrected chi connectivity index (χ1v) is 6.57. The first-order chi connectivity index (χ1) is 9.70. The second-order valence-electron chi connectivity index (χ2n) is 5.07. The van der Waals surface area contributed by atoms with E-state index in [0.717, 1.165) is 30.6 Å². The van der Waals surface area contributed by atoms with Crippen LogP contribution in [0.4, 0.5) is 11.4 Å². The van der Waals surface area contributed by atoms with Gasteiger partial charge in [-0.15, -0.1) is 0 Å². The van der Waals surface area contributed by atoms with Crippen molar-refractivity contribution in [3.63, 3.8) is 0 Å². The van der Waals surface area contributed by atoms with Crippen molar-refractivity contribution < 1.29 is 10.0 Å². The van der Waals surface area contributed by atoms with Crippen molar-refractivity contribution in [2.75, 3.05) is 24.6 Å². The number of benzene rings is 1. The Morgan fingerprint density at radius 1 is 1.40 bits per heavy atom. The van der Waals surface area contributed by atoms with Gasteiger partial charge in [0.1, 0.15) is 0 Å². The van der Waals surface area contributed by atoms with Crippen molar-refractivity contribution in [2.45, 2.75) is 6.42 Å². The molecular weight excluding hydrogens is 258 g/mol. The predicted molar refractivity (Wildman–Crippen MR) is 75.8 cm³/mol. The van der Waals surface area contributed by atoms with Crippen LogP contribution in [0.3, 0.4) is 0 Å². The minimum Gasteiger partial charge on any atom is -0.396 e. The highest BCUT2D eigenvalue weighted by atomic mass is 16.6. The standard InChI is InChI=1S/C14H15N3O3/c18-9-10-4-6-16(8-10)13-1-2-14(17(19)20)12-7-15-5-3-11(12)13/h1-3,5,7,10,18H,4,6,8-9H2. The predicted octanol–water partition coefficient (Wildman–Crippen LogP) is 1.96. The zero-order valence-corrected chi connectivity index (χ0v) is 10.9. The lowest BCUT2D eigenvalue weighted by molar-refractivity contribution is -0.383. The largest absolute Gasteiger partial charge is 0.396 e. The Balaban J connectivity index is 2.09. The molecule has 3 rings (SSSR count). The van der Waals surface area contributed by atoms with E-state index < -0.39 is 0 Å². The summed E-state index contributed by atoms with van der Waals surface area (Å²) >= 11 is 0. The summed E-state index contributed by atoms with van der Waals surface area (Å²) in [4.78, 5) is 16.9. The average Bonchev–Trinajstić information content (AvgIpc) is 2.94. The second-order valence-corrected chi connectivity index (χ2v) is 5.07. The minimum atomic E-state index is -0.381. The molecule has 20 heavy (non-hydrogen) atoms. The molecule has 1 aromatic heterocycles. The number of aliphatic hydroxyl groups excluding tert-OH is 1. The highest BCUT2D eigenvalue weighted by Crippen LogP contribution is 2.35. The first kappa shape index (κ1) is 12.8. The fourth-order valence-corrected chi connectivity index (χ4v) is 2.79. The van der Waals surface area contributed by atoms with Gasteiger partial charge in [0.15, 0.2) is 0 Å². The molecule has 6 heteroatoms. The SMILES string of the molecule is O=[N+]([O-])c1ccc(N2CCC(CO)C2)c2ccncc12. The molecule has 0 aliphatic carbocycles. The quantitative estimate of drug-likeness (QED) is 0.683. The van der Waals surface area contributed by atoms with Gasteiger partial charge in [0, 0.05) is 55.1 Å². The van der Waals surface area contributed by atoms with Crippen LogP contribution in [-0.4, -0.2) is 34.7 Å². The molecule has 1 aromatic carbocycles. The summed E-state index contributed by atoms with van der Waals surface area (Å²) in [5, 5.41) is 21.7. The number of aromatic nitrogens is 1. The molecule has 0 spiro atoms. The molecule has 2 heterocycles. The molecule has 1 N–H and O–H groups in total. The van der Waals surface area contributed by atoms with Gasteiger partial charge in [-0.2, -0.15) is 0 Å². The van der Waals surface area contributed by atoms with Crippen molar-refractivity contribution in [1.29, 1.82) is 0 Å². The van der Waals surface area contributed by atoms with Crippen LogP contribution < -0.4 is 4.90 Å². The van der Waals surface area contributed by atoms with E-state index in [1.165, 1.54) is 12.3 Å². The maximum Gasteiger partial charge on any atom is 0.278 e. The number of nitro groups is 1. The number of hydrogen-bond donors (Lipinski definition) is 1. The van der Waals surface area contributed by atoms with Crippen LogP contribution >= 0.6 is 0 Å². The monoisotopic (exact) mass is 273 g/mol. The van der Waals surface area contributed by atoms with Crippen LogP contribution in [0.25, 0.3) is 10.8 Å². The van der Waals surface area contributed by atoms with Crippen molar-refractivity contribution in [3.8, 4) is 0 Å². The number of non-ortho nitro benzene ring substituents is 1. The van der Waals surface area contributed by atoms with Crippen LogP contribution in [0.15, 0.2) is 30.6 Å². The molecule has 0 radical (unpaired) electrons. The Morgan fingerprint density at radius 2 is 2.25 bits per heavy atom. The molecule has 1 saturated heterocycles. The van der Waals surface area contributed by atoms with Gasteiger partial charge in [0.2, 0.25) is 0 Å². The molecule has 1 fully saturated rings. The van der Waals surface area contributed by atoms with Crippen molar-refractivity contribution >= 4 is 22.1 Å². The molecule has 6 nitrogen and oxygen atoms in total. The maximum atomic E-state index is 11.1. The molecule has 1 unspecified atom stereocenters. The Kier molecular flexibility index (Phi) is 3.23. The summed E-state index contributed by atoms with van der Waals surface area (Å²) in [6.07, 6.45) is 4.13. The third-order valence-electron chi connectivity index (χ3n) is 3.85. The highest BCUT2D eigenvalue weighted by Gasteiger charge is 2.24. The van der Waals surface area contributed by atoms with Crippen LogP contribution in [0.2, 0.25) is 0 Å². The van der Waals surface area contributed by atoms with Gasteiger partial charge in [-0.25, -0.2) is 0 Å². The lowest BCUT2D eigenvalue weighted by Gasteiger charge is -2.20. The van der Waals surface area contributed by atoms with Gasteiger partial charge in [0.25, 0.3) is 5.69 Å². The Bertz CT molecular complexity index is 659. The summed E-state index contributed by atoms with van der Waals surface area (Å²) in [5.74, 6) is 0.280. The number of pyridine rings is 1. The third-order valence-corrected chi connectivity index (χ3v) is 3.85. The number of fused-ring (bicyclic) bond motifs is 1. The first-order valence-electron chi connectivity index (χ1n) is 6.57. The third kappa shape index (κ3) is 2.08. The number of hydrogen-bond acceptors (Lipinski definition) is 5. The van der Waals surface area contributed by atoms with Gasteiger partial charge in [-0.3, -0.25) is 15.1 Å². The minimum absolute atomic E-state index is 0.0785. The lowest BCUT2D eigenvalue weighted by atomic mass is 10.1. The summed E-state index contributed by atoms with van der Waals surface area (Å²) in [6.45, 7) is 1.83. The average molecular weight is 273 g/mol. The fraction of sp³-hybridized carbons (Fsp3) is 0.357. The van der Waals surface area contributed by atoms with Gasteiger partial charge in [0.05, 0.1) is 10.3 Å². The summed E-state index contributed by atoms with van der Waals surface area (Å²) in [6, 6.07) is 5.13. The molecule has 104 valence electrons. The molecule has 0 saturated carbocycles. The van der Waals surface area contributed by atoms with Gasteiger partial charge in [-0.1, -0.05) is 0 Å². The van der Waals surface area contributed by atoms with E-state index in [1.807, 2.05) is 6.07 Å². The van der Waals surface area contributed by atoms with Crippen molar-refractivity contribution in [3.05, 3.63) is 40.7 Å². The molecule has 1 aliphatic heterocycles. The Morgan fingerprint density at radius 3 is 2.95 bits per heavy atom. The van der Waals surface area contributed by atoms with E-state index in [2.05, 4.69) is 9.88 Å². The number of nitrogens with zero attached hydrogens (tertiary/aromatic N) is 3. The molecule has 2 aromatic rings. The normalized spacial score (nSPS) is 18.6. The van der Waals surface area contributed by atoms with Crippen LogP contribution in [0.1, 0.15) is 6.42 Å². The summed E-state index contributed by atoms with van der Waals surface area (Å²) in [5.41, 5.74) is 1.05. The zero-order valence-electron chi connectivity index (χ0n) is 10.9. The zero-order chi connectivity index (χ0) is 14.1. The van der Waals surface area contributed by atoms with Crippen LogP contribution in [0, 0.1) is 16.0 Å². The van der Waals surface area contributed by atoms with E-state index in [1.54, 1.807) is 12.3 Å². The number of rotatable bonds is 3. The van der Waals surface area contributed by atoms with E-state index in [0.29, 0.717) is 5.39 Å². The van der Waals surface area contributed by atoms with Gasteiger partial charge >= 0.3 is 0 Å². The number of anilines is 1. The second kappa shape index (κ2) is 5.05. The number of aliphatic hydroxyl groups is 1. The lowest BCUT2D eigenvalue weighted by Crippen LogP contribution is -2.20.